The Kier molecular flexibility index (Phi) is 6.34. The summed E-state index contributed by atoms with van der Waals surface area (Å²) >= 11 is 1.91. The second kappa shape index (κ2) is 8.26. The minimum Gasteiger partial charge on any atom is -0.313 e. The summed E-state index contributed by atoms with van der Waals surface area (Å²) in [4.78, 5) is 1.35. The van der Waals surface area contributed by atoms with Crippen molar-refractivity contribution in [2.75, 3.05) is 6.54 Å². The standard InChI is InChI=1S/C19H25NS/c1-4-10-20-13-18-8-9-19(12-16(18)3)21-14-17-7-5-6-15(2)11-17/h5-9,11-12,20H,4,10,13-14H2,1-3H3. The normalized spacial score (nSPS) is 10.8. The maximum Gasteiger partial charge on any atom is 0.0232 e. The first kappa shape index (κ1) is 16.1. The van der Waals surface area contributed by atoms with Crippen molar-refractivity contribution >= 4 is 11.8 Å². The average molecular weight is 299 g/mol. The van der Waals surface area contributed by atoms with E-state index in [-0.39, 0.29) is 0 Å². The van der Waals surface area contributed by atoms with Gasteiger partial charge >= 0.3 is 0 Å². The van der Waals surface area contributed by atoms with Crippen LogP contribution in [-0.2, 0) is 12.3 Å². The third kappa shape index (κ3) is 5.22. The van der Waals surface area contributed by atoms with Gasteiger partial charge < -0.3 is 5.32 Å². The van der Waals surface area contributed by atoms with E-state index in [9.17, 15) is 0 Å². The predicted octanol–water partition coefficient (Wildman–Crippen LogP) is 5.10. The Morgan fingerprint density at radius 1 is 1.05 bits per heavy atom. The van der Waals surface area contributed by atoms with Gasteiger partial charge in [-0.25, -0.2) is 0 Å². The van der Waals surface area contributed by atoms with E-state index in [4.69, 9.17) is 0 Å². The van der Waals surface area contributed by atoms with Crippen LogP contribution in [0.5, 0.6) is 0 Å². The molecule has 0 radical (unpaired) electrons. The quantitative estimate of drug-likeness (QED) is 0.564. The predicted molar refractivity (Wildman–Crippen MR) is 93.9 cm³/mol. The van der Waals surface area contributed by atoms with Crippen molar-refractivity contribution in [1.29, 1.82) is 0 Å². The van der Waals surface area contributed by atoms with Gasteiger partial charge in [-0.2, -0.15) is 0 Å². The highest BCUT2D eigenvalue weighted by molar-refractivity contribution is 7.98. The highest BCUT2D eigenvalue weighted by atomic mass is 32.2. The highest BCUT2D eigenvalue weighted by Crippen LogP contribution is 2.25. The van der Waals surface area contributed by atoms with Crippen LogP contribution in [0.15, 0.2) is 47.4 Å². The molecular weight excluding hydrogens is 274 g/mol. The van der Waals surface area contributed by atoms with E-state index >= 15 is 0 Å². The van der Waals surface area contributed by atoms with Gasteiger partial charge in [-0.3, -0.25) is 0 Å². The Morgan fingerprint density at radius 3 is 2.62 bits per heavy atom. The molecule has 0 heterocycles. The van der Waals surface area contributed by atoms with Gasteiger partial charge in [0.2, 0.25) is 0 Å². The third-order valence-electron chi connectivity index (χ3n) is 3.54. The van der Waals surface area contributed by atoms with Crippen LogP contribution in [0.25, 0.3) is 0 Å². The van der Waals surface area contributed by atoms with Crippen LogP contribution >= 0.6 is 11.8 Å². The molecule has 112 valence electrons. The van der Waals surface area contributed by atoms with Crippen molar-refractivity contribution in [3.05, 3.63) is 64.7 Å². The summed E-state index contributed by atoms with van der Waals surface area (Å²) in [5.74, 6) is 1.04. The van der Waals surface area contributed by atoms with E-state index in [1.165, 1.54) is 33.6 Å². The fourth-order valence-corrected chi connectivity index (χ4v) is 3.26. The van der Waals surface area contributed by atoms with Crippen LogP contribution in [0.2, 0.25) is 0 Å². The number of thioether (sulfide) groups is 1. The van der Waals surface area contributed by atoms with Gasteiger partial charge in [-0.1, -0.05) is 42.8 Å². The molecule has 1 nitrogen and oxygen atoms in total. The first-order chi connectivity index (χ1) is 10.2. The molecule has 0 amide bonds. The monoisotopic (exact) mass is 299 g/mol. The zero-order valence-electron chi connectivity index (χ0n) is 13.3. The topological polar surface area (TPSA) is 12.0 Å². The van der Waals surface area contributed by atoms with E-state index < -0.39 is 0 Å². The minimum atomic E-state index is 0.975. The van der Waals surface area contributed by atoms with Gasteiger partial charge in [0.15, 0.2) is 0 Å². The molecule has 2 heteroatoms. The number of nitrogens with one attached hydrogen (secondary N) is 1. The van der Waals surface area contributed by atoms with Gasteiger partial charge in [-0.15, -0.1) is 11.8 Å². The molecule has 21 heavy (non-hydrogen) atoms. The molecule has 0 saturated carbocycles. The van der Waals surface area contributed by atoms with Gasteiger partial charge in [0, 0.05) is 17.2 Å². The van der Waals surface area contributed by atoms with Crippen LogP contribution in [0.3, 0.4) is 0 Å². The molecule has 1 N–H and O–H groups in total. The number of aryl methyl sites for hydroxylation is 2. The van der Waals surface area contributed by atoms with Crippen molar-refractivity contribution in [2.45, 2.75) is 44.4 Å². The molecule has 0 aliphatic heterocycles. The van der Waals surface area contributed by atoms with Crippen molar-refractivity contribution in [2.24, 2.45) is 0 Å². The fraction of sp³-hybridized carbons (Fsp3) is 0.368. The zero-order valence-corrected chi connectivity index (χ0v) is 14.1. The summed E-state index contributed by atoms with van der Waals surface area (Å²) in [6, 6.07) is 15.6. The second-order valence-electron chi connectivity index (χ2n) is 5.54. The number of hydrogen-bond acceptors (Lipinski definition) is 2. The average Bonchev–Trinajstić information content (AvgIpc) is 2.47. The molecule has 0 unspecified atom stereocenters. The lowest BCUT2D eigenvalue weighted by atomic mass is 10.1. The summed E-state index contributed by atoms with van der Waals surface area (Å²) < 4.78 is 0. The van der Waals surface area contributed by atoms with Crippen LogP contribution in [-0.4, -0.2) is 6.54 Å². The largest absolute Gasteiger partial charge is 0.313 e. The van der Waals surface area contributed by atoms with Crippen molar-refractivity contribution < 1.29 is 0 Å². The first-order valence-corrected chi connectivity index (χ1v) is 8.66. The van der Waals surface area contributed by atoms with Gasteiger partial charge in [0.25, 0.3) is 0 Å². The van der Waals surface area contributed by atoms with Crippen molar-refractivity contribution in [1.82, 2.24) is 5.32 Å². The molecule has 0 spiro atoms. The molecule has 0 aromatic heterocycles. The molecule has 2 rings (SSSR count). The Labute approximate surface area is 133 Å². The van der Waals surface area contributed by atoms with Crippen LogP contribution in [0.1, 0.15) is 35.6 Å². The van der Waals surface area contributed by atoms with Crippen molar-refractivity contribution in [3.63, 3.8) is 0 Å². The van der Waals surface area contributed by atoms with Crippen LogP contribution < -0.4 is 5.32 Å². The van der Waals surface area contributed by atoms with E-state index in [2.05, 4.69) is 68.6 Å². The lowest BCUT2D eigenvalue weighted by Gasteiger charge is -2.09. The molecule has 2 aromatic rings. The van der Waals surface area contributed by atoms with Crippen LogP contribution in [0, 0.1) is 13.8 Å². The molecule has 0 atom stereocenters. The lowest BCUT2D eigenvalue weighted by Crippen LogP contribution is -2.14. The van der Waals surface area contributed by atoms with E-state index in [0.29, 0.717) is 0 Å². The number of hydrogen-bond donors (Lipinski definition) is 1. The Bertz CT molecular complexity index is 578. The first-order valence-electron chi connectivity index (χ1n) is 7.67. The molecule has 2 aromatic carbocycles. The van der Waals surface area contributed by atoms with Gasteiger partial charge in [0.1, 0.15) is 0 Å². The molecular formula is C19H25NS. The van der Waals surface area contributed by atoms with E-state index in [0.717, 1.165) is 18.8 Å². The van der Waals surface area contributed by atoms with Crippen molar-refractivity contribution in [3.8, 4) is 0 Å². The summed E-state index contributed by atoms with van der Waals surface area (Å²) in [6.07, 6.45) is 1.18. The maximum atomic E-state index is 3.47. The Hall–Kier alpha value is -1.25. The lowest BCUT2D eigenvalue weighted by molar-refractivity contribution is 0.673. The summed E-state index contributed by atoms with van der Waals surface area (Å²) in [6.45, 7) is 8.62. The molecule has 0 bridgehead atoms. The second-order valence-corrected chi connectivity index (χ2v) is 6.59. The van der Waals surface area contributed by atoms with Gasteiger partial charge in [-0.05, 0) is 55.6 Å². The fourth-order valence-electron chi connectivity index (χ4n) is 2.32. The third-order valence-corrected chi connectivity index (χ3v) is 4.61. The molecule has 0 saturated heterocycles. The molecule has 0 fully saturated rings. The van der Waals surface area contributed by atoms with E-state index in [1.54, 1.807) is 0 Å². The SMILES string of the molecule is CCCNCc1ccc(SCc2cccc(C)c2)cc1C. The molecule has 0 aliphatic carbocycles. The van der Waals surface area contributed by atoms with Gasteiger partial charge in [0.05, 0.1) is 0 Å². The highest BCUT2D eigenvalue weighted by Gasteiger charge is 2.02. The number of rotatable bonds is 7. The Balaban J connectivity index is 1.93. The summed E-state index contributed by atoms with van der Waals surface area (Å²) in [7, 11) is 0. The zero-order chi connectivity index (χ0) is 15.1. The smallest absolute Gasteiger partial charge is 0.0232 e. The number of benzene rings is 2. The summed E-state index contributed by atoms with van der Waals surface area (Å²) in [5.41, 5.74) is 5.52. The maximum absolute atomic E-state index is 3.47. The van der Waals surface area contributed by atoms with E-state index in [1.807, 2.05) is 11.8 Å². The Morgan fingerprint density at radius 2 is 1.90 bits per heavy atom. The molecule has 0 aliphatic rings. The summed E-state index contributed by atoms with van der Waals surface area (Å²) in [5, 5.41) is 3.47. The minimum absolute atomic E-state index is 0.975. The van der Waals surface area contributed by atoms with Crippen LogP contribution in [0.4, 0.5) is 0 Å².